The zero-order valence-corrected chi connectivity index (χ0v) is 14.9. The third-order valence-electron chi connectivity index (χ3n) is 4.36. The number of fused-ring (bicyclic) bond motifs is 2. The van der Waals surface area contributed by atoms with E-state index in [1.807, 2.05) is 30.3 Å². The van der Waals surface area contributed by atoms with Crippen molar-refractivity contribution < 1.29 is 24.3 Å². The molecule has 9 nitrogen and oxygen atoms in total. The molecule has 9 heteroatoms. The Morgan fingerprint density at radius 2 is 1.90 bits per heavy atom. The molecule has 0 saturated heterocycles. The lowest BCUT2D eigenvalue weighted by Gasteiger charge is -2.25. The zero-order chi connectivity index (χ0) is 20.4. The van der Waals surface area contributed by atoms with Crippen LogP contribution in [0, 0.1) is 10.1 Å². The lowest BCUT2D eigenvalue weighted by Crippen LogP contribution is -2.42. The number of nitro benzene ring substituents is 1. The minimum Gasteiger partial charge on any atom is -0.507 e. The Kier molecular flexibility index (Phi) is 4.70. The second kappa shape index (κ2) is 7.47. The van der Waals surface area contributed by atoms with Crippen molar-refractivity contribution in [3.8, 4) is 17.2 Å². The number of nitrogens with zero attached hydrogens (tertiary/aromatic N) is 2. The van der Waals surface area contributed by atoms with Gasteiger partial charge in [0.25, 0.3) is 11.6 Å². The predicted octanol–water partition coefficient (Wildman–Crippen LogP) is 2.74. The average molecular weight is 393 g/mol. The highest BCUT2D eigenvalue weighted by molar-refractivity contribution is 5.88. The summed E-state index contributed by atoms with van der Waals surface area (Å²) in [6, 6.07) is 14.9. The summed E-state index contributed by atoms with van der Waals surface area (Å²) >= 11 is 0. The number of hydrogen-bond acceptors (Lipinski definition) is 7. The molecule has 1 atom stereocenters. The summed E-state index contributed by atoms with van der Waals surface area (Å²) in [6.07, 6.45) is 0.199. The molecule has 0 bridgehead atoms. The first-order valence-corrected chi connectivity index (χ1v) is 8.64. The number of nitro groups is 1. The normalized spacial score (nSPS) is 15.4. The Balaban J connectivity index is 1.45. The van der Waals surface area contributed by atoms with E-state index in [2.05, 4.69) is 10.5 Å². The van der Waals surface area contributed by atoms with Crippen LogP contribution in [0.4, 0.5) is 5.69 Å². The van der Waals surface area contributed by atoms with Crippen molar-refractivity contribution in [1.82, 2.24) is 5.43 Å². The molecule has 1 unspecified atom stereocenters. The first-order valence-electron chi connectivity index (χ1n) is 8.64. The predicted molar refractivity (Wildman–Crippen MR) is 104 cm³/mol. The standard InChI is InChI=1S/C20H15N3O6/c24-16-6-5-15(23(26)27)7-14(16)10-21-22-20(25)19-11-28-17-8-12-3-1-2-4-13(12)9-18(17)29-19/h1-10,19,24H,11H2,(H,22,25)/b21-10-. The van der Waals surface area contributed by atoms with Crippen molar-refractivity contribution >= 4 is 28.6 Å². The Hall–Kier alpha value is -4.14. The maximum atomic E-state index is 12.3. The minimum absolute atomic E-state index is 0.00868. The number of benzene rings is 3. The number of phenols is 1. The second-order valence-electron chi connectivity index (χ2n) is 6.30. The molecule has 0 radical (unpaired) electrons. The molecule has 29 heavy (non-hydrogen) atoms. The fourth-order valence-corrected chi connectivity index (χ4v) is 2.88. The molecular weight excluding hydrogens is 378 g/mol. The van der Waals surface area contributed by atoms with E-state index in [0.29, 0.717) is 11.5 Å². The number of ether oxygens (including phenoxy) is 2. The maximum Gasteiger partial charge on any atom is 0.284 e. The van der Waals surface area contributed by atoms with Gasteiger partial charge in [-0.05, 0) is 29.0 Å². The fraction of sp³-hybridized carbons (Fsp3) is 0.100. The number of carbonyl (C=O) groups is 1. The van der Waals surface area contributed by atoms with E-state index >= 15 is 0 Å². The number of carbonyl (C=O) groups excluding carboxylic acids is 1. The smallest absolute Gasteiger partial charge is 0.284 e. The molecule has 1 aliphatic heterocycles. The summed E-state index contributed by atoms with van der Waals surface area (Å²) in [5.41, 5.74) is 2.18. The number of amides is 1. The van der Waals surface area contributed by atoms with Crippen LogP contribution in [0.1, 0.15) is 5.56 Å². The van der Waals surface area contributed by atoms with Crippen LogP contribution >= 0.6 is 0 Å². The highest BCUT2D eigenvalue weighted by Gasteiger charge is 2.27. The van der Waals surface area contributed by atoms with E-state index < -0.39 is 16.9 Å². The zero-order valence-electron chi connectivity index (χ0n) is 14.9. The third-order valence-corrected chi connectivity index (χ3v) is 4.36. The number of aromatic hydroxyl groups is 1. The van der Waals surface area contributed by atoms with Crippen LogP contribution in [-0.4, -0.2) is 34.9 Å². The Labute approximate surface area is 164 Å². The van der Waals surface area contributed by atoms with Gasteiger partial charge in [-0.2, -0.15) is 5.10 Å². The van der Waals surface area contributed by atoms with Crippen molar-refractivity contribution in [1.29, 1.82) is 0 Å². The van der Waals surface area contributed by atoms with Crippen molar-refractivity contribution in [3.05, 3.63) is 70.3 Å². The molecule has 0 spiro atoms. The van der Waals surface area contributed by atoms with Crippen LogP contribution in [0.5, 0.6) is 17.2 Å². The molecule has 0 aliphatic carbocycles. The summed E-state index contributed by atoms with van der Waals surface area (Å²) in [7, 11) is 0. The number of non-ortho nitro benzene ring substituents is 1. The van der Waals surface area contributed by atoms with Crippen molar-refractivity contribution in [2.45, 2.75) is 6.10 Å². The molecule has 1 aliphatic rings. The maximum absolute atomic E-state index is 12.3. The Bertz CT molecular complexity index is 1140. The van der Waals surface area contributed by atoms with Gasteiger partial charge in [-0.15, -0.1) is 0 Å². The van der Waals surface area contributed by atoms with Crippen LogP contribution in [0.3, 0.4) is 0 Å². The topological polar surface area (TPSA) is 123 Å². The highest BCUT2D eigenvalue weighted by Crippen LogP contribution is 2.35. The molecular formula is C20H15N3O6. The van der Waals surface area contributed by atoms with Gasteiger partial charge < -0.3 is 14.6 Å². The number of rotatable bonds is 4. The fourth-order valence-electron chi connectivity index (χ4n) is 2.88. The number of hydrogen-bond donors (Lipinski definition) is 2. The number of phenolic OH excluding ortho intramolecular Hbond substituents is 1. The van der Waals surface area contributed by atoms with Gasteiger partial charge in [0, 0.05) is 17.7 Å². The Morgan fingerprint density at radius 3 is 2.62 bits per heavy atom. The molecule has 3 aromatic carbocycles. The number of nitrogens with one attached hydrogen (secondary N) is 1. The lowest BCUT2D eigenvalue weighted by atomic mass is 10.1. The summed E-state index contributed by atoms with van der Waals surface area (Å²) in [6.45, 7) is 0.00868. The largest absolute Gasteiger partial charge is 0.507 e. The van der Waals surface area contributed by atoms with E-state index in [9.17, 15) is 20.0 Å². The van der Waals surface area contributed by atoms with Gasteiger partial charge in [-0.3, -0.25) is 14.9 Å². The summed E-state index contributed by atoms with van der Waals surface area (Å²) < 4.78 is 11.4. The molecule has 0 fully saturated rings. The Morgan fingerprint density at radius 1 is 1.17 bits per heavy atom. The molecule has 1 heterocycles. The van der Waals surface area contributed by atoms with Crippen LogP contribution in [0.2, 0.25) is 0 Å². The molecule has 2 N–H and O–H groups in total. The van der Waals surface area contributed by atoms with Crippen LogP contribution < -0.4 is 14.9 Å². The van der Waals surface area contributed by atoms with Gasteiger partial charge in [0.2, 0.25) is 6.10 Å². The lowest BCUT2D eigenvalue weighted by molar-refractivity contribution is -0.384. The van der Waals surface area contributed by atoms with Gasteiger partial charge >= 0.3 is 0 Å². The highest BCUT2D eigenvalue weighted by atomic mass is 16.6. The summed E-state index contributed by atoms with van der Waals surface area (Å²) in [5, 5.41) is 26.3. The van der Waals surface area contributed by atoms with Crippen LogP contribution in [-0.2, 0) is 4.79 Å². The number of hydrazone groups is 1. The van der Waals surface area contributed by atoms with E-state index in [-0.39, 0.29) is 23.6 Å². The molecule has 3 aromatic rings. The second-order valence-corrected chi connectivity index (χ2v) is 6.30. The monoisotopic (exact) mass is 393 g/mol. The van der Waals surface area contributed by atoms with E-state index in [4.69, 9.17) is 9.47 Å². The van der Waals surface area contributed by atoms with Crippen LogP contribution in [0.25, 0.3) is 10.8 Å². The van der Waals surface area contributed by atoms with Crippen molar-refractivity contribution in [2.75, 3.05) is 6.61 Å². The van der Waals surface area contributed by atoms with Crippen molar-refractivity contribution in [3.63, 3.8) is 0 Å². The van der Waals surface area contributed by atoms with Gasteiger partial charge in [-0.25, -0.2) is 5.43 Å². The first kappa shape index (κ1) is 18.2. The van der Waals surface area contributed by atoms with E-state index in [0.717, 1.165) is 23.1 Å². The molecule has 4 rings (SSSR count). The minimum atomic E-state index is -0.917. The molecule has 146 valence electrons. The van der Waals surface area contributed by atoms with Gasteiger partial charge in [-0.1, -0.05) is 24.3 Å². The third kappa shape index (κ3) is 3.79. The quantitative estimate of drug-likeness (QED) is 0.399. The average Bonchev–Trinajstić information content (AvgIpc) is 2.72. The summed E-state index contributed by atoms with van der Waals surface area (Å²) in [5.74, 6) is 0.254. The van der Waals surface area contributed by atoms with E-state index in [1.165, 1.54) is 12.1 Å². The first-order chi connectivity index (χ1) is 14.0. The van der Waals surface area contributed by atoms with Gasteiger partial charge in [0.05, 0.1) is 11.1 Å². The van der Waals surface area contributed by atoms with E-state index in [1.54, 1.807) is 6.07 Å². The molecule has 1 amide bonds. The van der Waals surface area contributed by atoms with Crippen LogP contribution in [0.15, 0.2) is 59.7 Å². The SMILES string of the molecule is O=C(N/N=C\c1cc([N+](=O)[O-])ccc1O)C1COc2cc3ccccc3cc2O1. The molecule has 0 saturated carbocycles. The van der Waals surface area contributed by atoms with Gasteiger partial charge in [0.15, 0.2) is 11.5 Å². The molecule has 0 aromatic heterocycles. The van der Waals surface area contributed by atoms with Gasteiger partial charge in [0.1, 0.15) is 12.4 Å². The summed E-state index contributed by atoms with van der Waals surface area (Å²) in [4.78, 5) is 22.5. The van der Waals surface area contributed by atoms with Crippen molar-refractivity contribution in [2.24, 2.45) is 5.10 Å².